The maximum absolute atomic E-state index is 11.2. The van der Waals surface area contributed by atoms with Gasteiger partial charge in [-0.1, -0.05) is 0 Å². The molecule has 0 aliphatic heterocycles. The molecular weight excluding hydrogens is 184 g/mol. The van der Waals surface area contributed by atoms with E-state index in [-0.39, 0.29) is 16.8 Å². The topological polar surface area (TPSA) is 96.3 Å². The normalized spacial score (nSPS) is 9.14. The molecule has 3 N–H and O–H groups in total. The number of carbonyl (C=O) groups is 1. The lowest BCUT2D eigenvalue weighted by atomic mass is 10.1. The van der Waals surface area contributed by atoms with Crippen LogP contribution >= 0.6 is 0 Å². The third-order valence-corrected chi connectivity index (χ3v) is 1.72. The molecule has 0 spiro atoms. The Hall–Kier alpha value is -2.22. The second-order valence-corrected chi connectivity index (χ2v) is 2.53. The first-order valence-electron chi connectivity index (χ1n) is 3.71. The molecule has 72 valence electrons. The molecule has 5 heteroatoms. The number of phenols is 1. The molecule has 0 atom stereocenters. The number of phenolic OH excluding ortho intramolecular Hbond substituents is 1. The third-order valence-electron chi connectivity index (χ3n) is 1.72. The van der Waals surface area contributed by atoms with Crippen molar-refractivity contribution in [3.8, 4) is 11.8 Å². The highest BCUT2D eigenvalue weighted by Gasteiger charge is 2.18. The lowest BCUT2D eigenvalue weighted by molar-refractivity contribution is 0.0597. The SMILES string of the molecule is COC(=O)c1c(C#N)ccc(N)c1O. The third kappa shape index (κ3) is 1.45. The maximum atomic E-state index is 11.2. The van der Waals surface area contributed by atoms with Crippen LogP contribution in [0.2, 0.25) is 0 Å². The second kappa shape index (κ2) is 3.66. The lowest BCUT2D eigenvalue weighted by Gasteiger charge is -2.06. The van der Waals surface area contributed by atoms with Crippen LogP contribution in [0, 0.1) is 11.3 Å². The number of hydrogen-bond acceptors (Lipinski definition) is 5. The first-order valence-corrected chi connectivity index (χ1v) is 3.71. The number of nitriles is 1. The van der Waals surface area contributed by atoms with Crippen molar-refractivity contribution in [3.63, 3.8) is 0 Å². The van der Waals surface area contributed by atoms with Crippen molar-refractivity contribution >= 4 is 11.7 Å². The van der Waals surface area contributed by atoms with Crippen LogP contribution in [-0.2, 0) is 4.74 Å². The van der Waals surface area contributed by atoms with E-state index in [0.29, 0.717) is 0 Å². The Kier molecular flexibility index (Phi) is 2.58. The molecule has 0 aromatic heterocycles. The van der Waals surface area contributed by atoms with Crippen LogP contribution in [0.25, 0.3) is 0 Å². The minimum Gasteiger partial charge on any atom is -0.505 e. The first-order chi connectivity index (χ1) is 6.61. The van der Waals surface area contributed by atoms with Crippen LogP contribution in [0.3, 0.4) is 0 Å². The number of benzene rings is 1. The highest BCUT2D eigenvalue weighted by atomic mass is 16.5. The van der Waals surface area contributed by atoms with Crippen molar-refractivity contribution in [1.82, 2.24) is 0 Å². The van der Waals surface area contributed by atoms with Gasteiger partial charge >= 0.3 is 5.97 Å². The van der Waals surface area contributed by atoms with Gasteiger partial charge in [-0.05, 0) is 12.1 Å². The summed E-state index contributed by atoms with van der Waals surface area (Å²) < 4.78 is 4.41. The Morgan fingerprint density at radius 3 is 2.79 bits per heavy atom. The van der Waals surface area contributed by atoms with Gasteiger partial charge in [0.2, 0.25) is 0 Å². The smallest absolute Gasteiger partial charge is 0.343 e. The van der Waals surface area contributed by atoms with Gasteiger partial charge in [-0.15, -0.1) is 0 Å². The minimum absolute atomic E-state index is 0.0311. The largest absolute Gasteiger partial charge is 0.505 e. The second-order valence-electron chi connectivity index (χ2n) is 2.53. The van der Waals surface area contributed by atoms with Crippen LogP contribution in [0.4, 0.5) is 5.69 Å². The molecule has 5 nitrogen and oxygen atoms in total. The fourth-order valence-electron chi connectivity index (χ4n) is 1.01. The van der Waals surface area contributed by atoms with E-state index in [4.69, 9.17) is 11.0 Å². The molecule has 0 unspecified atom stereocenters. The molecule has 0 saturated carbocycles. The minimum atomic E-state index is -0.786. The van der Waals surface area contributed by atoms with E-state index in [1.807, 2.05) is 0 Å². The van der Waals surface area contributed by atoms with Crippen molar-refractivity contribution in [2.24, 2.45) is 0 Å². The quantitative estimate of drug-likeness (QED) is 0.386. The summed E-state index contributed by atoms with van der Waals surface area (Å²) >= 11 is 0. The summed E-state index contributed by atoms with van der Waals surface area (Å²) in [6.07, 6.45) is 0. The standard InChI is InChI=1S/C9H8N2O3/c1-14-9(13)7-5(4-10)2-3-6(11)8(7)12/h2-3,12H,11H2,1H3. The van der Waals surface area contributed by atoms with Crippen LogP contribution in [0.5, 0.6) is 5.75 Å². The number of aromatic hydroxyl groups is 1. The monoisotopic (exact) mass is 192 g/mol. The summed E-state index contributed by atoms with van der Waals surface area (Å²) in [6, 6.07) is 4.46. The zero-order chi connectivity index (χ0) is 10.7. The number of nitrogens with two attached hydrogens (primary N) is 1. The first kappa shape index (κ1) is 9.86. The molecule has 1 aromatic rings. The van der Waals surface area contributed by atoms with Gasteiger partial charge in [0.15, 0.2) is 5.75 Å². The molecule has 0 radical (unpaired) electrons. The summed E-state index contributed by atoms with van der Waals surface area (Å²) in [4.78, 5) is 11.2. The number of esters is 1. The molecule has 14 heavy (non-hydrogen) atoms. The summed E-state index contributed by atoms with van der Waals surface area (Å²) in [6.45, 7) is 0. The molecule has 1 aromatic carbocycles. The molecule has 0 saturated heterocycles. The van der Waals surface area contributed by atoms with E-state index < -0.39 is 11.7 Å². The van der Waals surface area contributed by atoms with Crippen LogP contribution in [0.15, 0.2) is 12.1 Å². The Morgan fingerprint density at radius 2 is 2.29 bits per heavy atom. The molecule has 0 heterocycles. The van der Waals surface area contributed by atoms with E-state index in [9.17, 15) is 9.90 Å². The van der Waals surface area contributed by atoms with Gasteiger partial charge in [-0.3, -0.25) is 0 Å². The summed E-state index contributed by atoms with van der Waals surface area (Å²) in [5.41, 5.74) is 5.23. The highest BCUT2D eigenvalue weighted by molar-refractivity contribution is 5.97. The van der Waals surface area contributed by atoms with Crippen molar-refractivity contribution in [2.45, 2.75) is 0 Å². The van der Waals surface area contributed by atoms with Crippen molar-refractivity contribution in [1.29, 1.82) is 5.26 Å². The Morgan fingerprint density at radius 1 is 1.64 bits per heavy atom. The van der Waals surface area contributed by atoms with E-state index in [1.54, 1.807) is 6.07 Å². The van der Waals surface area contributed by atoms with E-state index in [2.05, 4.69) is 4.74 Å². The molecule has 1 rings (SSSR count). The van der Waals surface area contributed by atoms with Crippen LogP contribution in [-0.4, -0.2) is 18.2 Å². The number of nitrogen functional groups attached to an aromatic ring is 1. The van der Waals surface area contributed by atoms with Gasteiger partial charge < -0.3 is 15.6 Å². The molecule has 0 amide bonds. The Labute approximate surface area is 80.3 Å². The zero-order valence-corrected chi connectivity index (χ0v) is 7.44. The van der Waals surface area contributed by atoms with Crippen LogP contribution in [0.1, 0.15) is 15.9 Å². The van der Waals surface area contributed by atoms with Gasteiger partial charge in [-0.2, -0.15) is 5.26 Å². The number of ether oxygens (including phenoxy) is 1. The summed E-state index contributed by atoms with van der Waals surface area (Å²) in [5.74, 6) is -1.21. The molecule has 0 aliphatic carbocycles. The fraction of sp³-hybridized carbons (Fsp3) is 0.111. The fourth-order valence-corrected chi connectivity index (χ4v) is 1.01. The van der Waals surface area contributed by atoms with Crippen LogP contribution < -0.4 is 5.73 Å². The lowest BCUT2D eigenvalue weighted by Crippen LogP contribution is -2.06. The predicted molar refractivity (Wildman–Crippen MR) is 48.6 cm³/mol. The van der Waals surface area contributed by atoms with E-state index in [0.717, 1.165) is 7.11 Å². The van der Waals surface area contributed by atoms with Gasteiger partial charge in [0.05, 0.1) is 18.4 Å². The van der Waals surface area contributed by atoms with E-state index >= 15 is 0 Å². The number of carbonyl (C=O) groups excluding carboxylic acids is 1. The summed E-state index contributed by atoms with van der Waals surface area (Å²) in [5, 5.41) is 18.1. The summed E-state index contributed by atoms with van der Waals surface area (Å²) in [7, 11) is 1.16. The highest BCUT2D eigenvalue weighted by Crippen LogP contribution is 2.28. The van der Waals surface area contributed by atoms with Gasteiger partial charge in [0.25, 0.3) is 0 Å². The molecule has 0 aliphatic rings. The van der Waals surface area contributed by atoms with Gasteiger partial charge in [0.1, 0.15) is 11.6 Å². The molecule has 0 fully saturated rings. The predicted octanol–water partition coefficient (Wildman–Crippen LogP) is 0.633. The maximum Gasteiger partial charge on any atom is 0.343 e. The molecular formula is C9H8N2O3. The Balaban J connectivity index is 3.45. The van der Waals surface area contributed by atoms with E-state index in [1.165, 1.54) is 12.1 Å². The van der Waals surface area contributed by atoms with Gasteiger partial charge in [-0.25, -0.2) is 4.79 Å². The zero-order valence-electron chi connectivity index (χ0n) is 7.44. The average Bonchev–Trinajstić information content (AvgIpc) is 2.20. The number of rotatable bonds is 1. The number of methoxy groups -OCH3 is 1. The van der Waals surface area contributed by atoms with Crippen molar-refractivity contribution in [3.05, 3.63) is 23.3 Å². The Bertz CT molecular complexity index is 421. The molecule has 0 bridgehead atoms. The number of nitrogens with zero attached hydrogens (tertiary/aromatic N) is 1. The number of hydrogen-bond donors (Lipinski definition) is 2. The number of anilines is 1. The average molecular weight is 192 g/mol. The van der Waals surface area contributed by atoms with Crippen molar-refractivity contribution in [2.75, 3.05) is 12.8 Å². The van der Waals surface area contributed by atoms with Crippen molar-refractivity contribution < 1.29 is 14.6 Å². The van der Waals surface area contributed by atoms with Gasteiger partial charge in [0, 0.05) is 0 Å².